The minimum absolute atomic E-state index is 0.112. The molecule has 170 valence electrons. The number of hydrogen-bond acceptors (Lipinski definition) is 4. The zero-order chi connectivity index (χ0) is 23.4. The van der Waals surface area contributed by atoms with Gasteiger partial charge in [0.25, 0.3) is 0 Å². The lowest BCUT2D eigenvalue weighted by Crippen LogP contribution is -2.05. The molecule has 0 aliphatic rings. The molecule has 0 aliphatic carbocycles. The smallest absolute Gasteiger partial charge is 0.416 e. The SMILES string of the molecule is COC(=O)CCc1ccc(OCc2ccc(C(F)(F)F)cc2)c(-c2ccc3[nH]ncc3c2)c1. The summed E-state index contributed by atoms with van der Waals surface area (Å²) in [5.41, 5.74) is 3.46. The fourth-order valence-electron chi connectivity index (χ4n) is 3.49. The number of carbonyl (C=O) groups is 1. The molecule has 0 saturated heterocycles. The van der Waals surface area contributed by atoms with Crippen LogP contribution in [-0.2, 0) is 28.7 Å². The van der Waals surface area contributed by atoms with Gasteiger partial charge in [-0.1, -0.05) is 24.3 Å². The van der Waals surface area contributed by atoms with Crippen molar-refractivity contribution in [3.05, 3.63) is 83.6 Å². The number of methoxy groups -OCH3 is 1. The third-order valence-electron chi connectivity index (χ3n) is 5.32. The lowest BCUT2D eigenvalue weighted by Gasteiger charge is -2.14. The molecule has 0 atom stereocenters. The van der Waals surface area contributed by atoms with E-state index >= 15 is 0 Å². The van der Waals surface area contributed by atoms with Crippen molar-refractivity contribution in [2.75, 3.05) is 7.11 Å². The van der Waals surface area contributed by atoms with E-state index in [0.717, 1.165) is 39.7 Å². The molecule has 0 amide bonds. The van der Waals surface area contributed by atoms with Gasteiger partial charge in [0.05, 0.1) is 24.4 Å². The number of ether oxygens (including phenoxy) is 2. The second-order valence-electron chi connectivity index (χ2n) is 7.56. The van der Waals surface area contributed by atoms with Crippen LogP contribution in [0.5, 0.6) is 5.75 Å². The summed E-state index contributed by atoms with van der Waals surface area (Å²) in [6, 6.07) is 16.4. The number of carbonyl (C=O) groups excluding carboxylic acids is 1. The molecule has 8 heteroatoms. The first-order valence-corrected chi connectivity index (χ1v) is 10.3. The quantitative estimate of drug-likeness (QED) is 0.352. The van der Waals surface area contributed by atoms with Crippen molar-refractivity contribution in [3.8, 4) is 16.9 Å². The van der Waals surface area contributed by atoms with Crippen LogP contribution in [0.15, 0.2) is 66.9 Å². The number of alkyl halides is 3. The number of nitrogens with one attached hydrogen (secondary N) is 1. The lowest BCUT2D eigenvalue weighted by molar-refractivity contribution is -0.140. The molecule has 0 bridgehead atoms. The van der Waals surface area contributed by atoms with Crippen molar-refractivity contribution in [1.82, 2.24) is 10.2 Å². The number of esters is 1. The van der Waals surface area contributed by atoms with E-state index in [9.17, 15) is 18.0 Å². The third kappa shape index (κ3) is 5.34. The number of rotatable bonds is 7. The second kappa shape index (κ2) is 9.36. The Morgan fingerprint density at radius 3 is 2.48 bits per heavy atom. The summed E-state index contributed by atoms with van der Waals surface area (Å²) < 4.78 is 49.1. The summed E-state index contributed by atoms with van der Waals surface area (Å²) in [6.45, 7) is 0.112. The minimum atomic E-state index is -4.38. The molecule has 0 saturated carbocycles. The zero-order valence-corrected chi connectivity index (χ0v) is 17.8. The van der Waals surface area contributed by atoms with Gasteiger partial charge < -0.3 is 9.47 Å². The van der Waals surface area contributed by atoms with Crippen molar-refractivity contribution in [2.24, 2.45) is 0 Å². The van der Waals surface area contributed by atoms with Crippen molar-refractivity contribution in [2.45, 2.75) is 25.6 Å². The van der Waals surface area contributed by atoms with E-state index < -0.39 is 11.7 Å². The molecule has 1 heterocycles. The van der Waals surface area contributed by atoms with Crippen LogP contribution < -0.4 is 4.74 Å². The van der Waals surface area contributed by atoms with Gasteiger partial charge in [-0.05, 0) is 59.5 Å². The van der Waals surface area contributed by atoms with E-state index in [1.54, 1.807) is 6.20 Å². The highest BCUT2D eigenvalue weighted by Crippen LogP contribution is 2.34. The number of benzene rings is 3. The average Bonchev–Trinajstić information content (AvgIpc) is 3.29. The van der Waals surface area contributed by atoms with E-state index in [0.29, 0.717) is 17.7 Å². The minimum Gasteiger partial charge on any atom is -0.488 e. The molecule has 0 spiro atoms. The van der Waals surface area contributed by atoms with Crippen LogP contribution in [0.2, 0.25) is 0 Å². The first-order chi connectivity index (χ1) is 15.8. The molecule has 1 N–H and O–H groups in total. The van der Waals surface area contributed by atoms with Gasteiger partial charge in [0.2, 0.25) is 0 Å². The van der Waals surface area contributed by atoms with Gasteiger partial charge in [0.15, 0.2) is 0 Å². The van der Waals surface area contributed by atoms with Crippen LogP contribution in [0, 0.1) is 0 Å². The maximum absolute atomic E-state index is 12.8. The number of aryl methyl sites for hydroxylation is 1. The summed E-state index contributed by atoms with van der Waals surface area (Å²) in [5.74, 6) is 0.290. The Balaban J connectivity index is 1.61. The summed E-state index contributed by atoms with van der Waals surface area (Å²) in [7, 11) is 1.35. The first-order valence-electron chi connectivity index (χ1n) is 10.3. The highest BCUT2D eigenvalue weighted by atomic mass is 19.4. The number of aromatic nitrogens is 2. The van der Waals surface area contributed by atoms with Gasteiger partial charge in [0.1, 0.15) is 12.4 Å². The first kappa shape index (κ1) is 22.4. The number of fused-ring (bicyclic) bond motifs is 1. The monoisotopic (exact) mass is 454 g/mol. The molecule has 0 fully saturated rings. The maximum atomic E-state index is 12.8. The largest absolute Gasteiger partial charge is 0.488 e. The number of nitrogens with zero attached hydrogens (tertiary/aromatic N) is 1. The van der Waals surface area contributed by atoms with Crippen molar-refractivity contribution in [3.63, 3.8) is 0 Å². The van der Waals surface area contributed by atoms with Gasteiger partial charge in [-0.3, -0.25) is 9.89 Å². The molecule has 4 aromatic rings. The van der Waals surface area contributed by atoms with E-state index in [2.05, 4.69) is 10.2 Å². The van der Waals surface area contributed by atoms with Gasteiger partial charge in [-0.2, -0.15) is 18.3 Å². The topological polar surface area (TPSA) is 64.2 Å². The lowest BCUT2D eigenvalue weighted by atomic mass is 9.99. The molecule has 1 aromatic heterocycles. The predicted octanol–water partition coefficient (Wildman–Crippen LogP) is 5.93. The average molecular weight is 454 g/mol. The Kier molecular flexibility index (Phi) is 6.35. The van der Waals surface area contributed by atoms with Crippen LogP contribution in [0.3, 0.4) is 0 Å². The Hall–Kier alpha value is -3.81. The van der Waals surface area contributed by atoms with Crippen molar-refractivity contribution < 1.29 is 27.4 Å². The summed E-state index contributed by atoms with van der Waals surface area (Å²) in [4.78, 5) is 11.5. The molecular weight excluding hydrogens is 433 g/mol. The Bertz CT molecular complexity index is 1260. The van der Waals surface area contributed by atoms with E-state index in [1.807, 2.05) is 36.4 Å². The van der Waals surface area contributed by atoms with Gasteiger partial charge in [-0.25, -0.2) is 0 Å². The summed E-state index contributed by atoms with van der Waals surface area (Å²) in [5, 5.41) is 7.89. The Labute approximate surface area is 188 Å². The molecular formula is C25H21F3N2O3. The van der Waals surface area contributed by atoms with Crippen LogP contribution in [-0.4, -0.2) is 23.3 Å². The second-order valence-corrected chi connectivity index (χ2v) is 7.56. The maximum Gasteiger partial charge on any atom is 0.416 e. The van der Waals surface area contributed by atoms with Crippen LogP contribution in [0.1, 0.15) is 23.1 Å². The molecule has 3 aromatic carbocycles. The third-order valence-corrected chi connectivity index (χ3v) is 5.32. The highest BCUT2D eigenvalue weighted by Gasteiger charge is 2.29. The van der Waals surface area contributed by atoms with E-state index in [-0.39, 0.29) is 19.0 Å². The standard InChI is InChI=1S/C25H21F3N2O3/c1-32-24(31)11-5-16-4-10-23(33-15-17-2-7-20(8-3-17)25(26,27)28)21(12-16)18-6-9-22-19(13-18)14-29-30-22/h2-4,6-10,12-14H,5,11,15H2,1H3,(H,29,30). The van der Waals surface area contributed by atoms with Crippen molar-refractivity contribution >= 4 is 16.9 Å². The predicted molar refractivity (Wildman–Crippen MR) is 118 cm³/mol. The molecule has 0 aliphatic heterocycles. The van der Waals surface area contributed by atoms with Gasteiger partial charge in [-0.15, -0.1) is 0 Å². The number of halogens is 3. The fraction of sp³-hybridized carbons (Fsp3) is 0.200. The Morgan fingerprint density at radius 2 is 1.76 bits per heavy atom. The van der Waals surface area contributed by atoms with E-state index in [4.69, 9.17) is 9.47 Å². The number of H-pyrrole nitrogens is 1. The molecule has 33 heavy (non-hydrogen) atoms. The molecule has 4 rings (SSSR count). The highest BCUT2D eigenvalue weighted by molar-refractivity contribution is 5.85. The molecule has 5 nitrogen and oxygen atoms in total. The van der Waals surface area contributed by atoms with Crippen LogP contribution in [0.25, 0.3) is 22.0 Å². The van der Waals surface area contributed by atoms with Gasteiger partial charge in [0, 0.05) is 17.4 Å². The zero-order valence-electron chi connectivity index (χ0n) is 17.8. The fourth-order valence-corrected chi connectivity index (χ4v) is 3.49. The van der Waals surface area contributed by atoms with Gasteiger partial charge >= 0.3 is 12.1 Å². The molecule has 0 radical (unpaired) electrons. The Morgan fingerprint density at radius 1 is 1.00 bits per heavy atom. The van der Waals surface area contributed by atoms with Crippen molar-refractivity contribution in [1.29, 1.82) is 0 Å². The normalized spacial score (nSPS) is 11.5. The summed E-state index contributed by atoms with van der Waals surface area (Å²) in [6.07, 6.45) is -1.89. The van der Waals surface area contributed by atoms with Crippen LogP contribution in [0.4, 0.5) is 13.2 Å². The van der Waals surface area contributed by atoms with E-state index in [1.165, 1.54) is 19.2 Å². The van der Waals surface area contributed by atoms with Crippen LogP contribution >= 0.6 is 0 Å². The number of hydrogen-bond donors (Lipinski definition) is 1. The number of aromatic amines is 1. The summed E-state index contributed by atoms with van der Waals surface area (Å²) >= 11 is 0. The molecule has 0 unspecified atom stereocenters.